The second kappa shape index (κ2) is 10.5. The minimum Gasteiger partial charge on any atom is -1.00 e. The van der Waals surface area contributed by atoms with Gasteiger partial charge < -0.3 is 24.0 Å². The van der Waals surface area contributed by atoms with E-state index in [0.29, 0.717) is 12.0 Å². The number of guanidine groups is 1. The van der Waals surface area contributed by atoms with Gasteiger partial charge in [-0.05, 0) is 42.2 Å². The van der Waals surface area contributed by atoms with Crippen molar-refractivity contribution in [1.29, 1.82) is 0 Å². The Kier molecular flexibility index (Phi) is 8.64. The van der Waals surface area contributed by atoms with Crippen molar-refractivity contribution in [3.8, 4) is 0 Å². The summed E-state index contributed by atoms with van der Waals surface area (Å²) in [5.41, 5.74) is 4.46. The molecule has 1 unspecified atom stereocenters. The fourth-order valence-electron chi connectivity index (χ4n) is 4.13. The van der Waals surface area contributed by atoms with Crippen LogP contribution >= 0.6 is 0 Å². The molecule has 0 saturated carbocycles. The van der Waals surface area contributed by atoms with Gasteiger partial charge >= 0.3 is 5.96 Å². The molecule has 2 aliphatic rings. The van der Waals surface area contributed by atoms with E-state index < -0.39 is 0 Å². The maximum Gasteiger partial charge on any atom is 0.346 e. The number of nitrogens with one attached hydrogen (secondary N) is 2. The van der Waals surface area contributed by atoms with E-state index in [0.717, 1.165) is 32.0 Å². The van der Waals surface area contributed by atoms with Crippen LogP contribution in [0.2, 0.25) is 0 Å². The van der Waals surface area contributed by atoms with Crippen LogP contribution < -0.4 is 34.6 Å². The highest BCUT2D eigenvalue weighted by Gasteiger charge is 2.32. The molecule has 1 aromatic rings. The summed E-state index contributed by atoms with van der Waals surface area (Å²) in [7, 11) is 0. The average molecular weight is 481 g/mol. The Morgan fingerprint density at radius 1 is 1.26 bits per heavy atom. The van der Waals surface area contributed by atoms with Crippen LogP contribution in [0, 0.1) is 11.8 Å². The lowest BCUT2D eigenvalue weighted by molar-refractivity contribution is -0.584. The Morgan fingerprint density at radius 3 is 2.81 bits per heavy atom. The summed E-state index contributed by atoms with van der Waals surface area (Å²) < 4.78 is 2.55. The summed E-state index contributed by atoms with van der Waals surface area (Å²) in [6.45, 7) is 14.3. The highest BCUT2D eigenvalue weighted by atomic mass is 127. The molecule has 0 bridgehead atoms. The van der Waals surface area contributed by atoms with Crippen molar-refractivity contribution in [1.82, 2.24) is 10.6 Å². The molecule has 2 heterocycles. The Hall–Kier alpha value is -1.04. The Morgan fingerprint density at radius 2 is 2.04 bits per heavy atom. The molecule has 0 aliphatic carbocycles. The van der Waals surface area contributed by atoms with Gasteiger partial charge in [0, 0.05) is 12.8 Å². The minimum absolute atomic E-state index is 0. The first-order chi connectivity index (χ1) is 12.6. The molecule has 0 amide bonds. The molecular formula is C23H36IN3. The standard InChI is InChI=1S/C23H35N3.HI/c1-17(2)19(4)10-9-18(3)11-14-24-23-25-15-12-22-21-8-6-5-7-20(21)13-16-26(22)23;/h5-8,17-18,22H,4,9-16H2,1-3H3,(H,24,25);1H/t18-,22?;/m1./s1. The highest BCUT2D eigenvalue weighted by molar-refractivity contribution is 5.75. The maximum atomic E-state index is 4.21. The summed E-state index contributed by atoms with van der Waals surface area (Å²) in [6.07, 6.45) is 5.97. The maximum absolute atomic E-state index is 4.21. The quantitative estimate of drug-likeness (QED) is 0.349. The van der Waals surface area contributed by atoms with Crippen LogP contribution in [0.25, 0.3) is 0 Å². The van der Waals surface area contributed by atoms with Crippen molar-refractivity contribution < 1.29 is 28.6 Å². The topological polar surface area (TPSA) is 27.1 Å². The van der Waals surface area contributed by atoms with Gasteiger partial charge in [0.2, 0.25) is 0 Å². The molecule has 3 nitrogen and oxygen atoms in total. The van der Waals surface area contributed by atoms with Gasteiger partial charge in [0.25, 0.3) is 0 Å². The lowest BCUT2D eigenvalue weighted by Crippen LogP contribution is -3.00. The lowest BCUT2D eigenvalue weighted by Gasteiger charge is -2.32. The first-order valence-corrected chi connectivity index (χ1v) is 10.4. The Labute approximate surface area is 182 Å². The second-order valence-corrected chi connectivity index (χ2v) is 8.39. The molecule has 27 heavy (non-hydrogen) atoms. The third-order valence-electron chi connectivity index (χ3n) is 6.11. The van der Waals surface area contributed by atoms with Crippen LogP contribution in [0.1, 0.15) is 63.6 Å². The van der Waals surface area contributed by atoms with E-state index in [9.17, 15) is 0 Å². The molecule has 0 aromatic heterocycles. The first kappa shape index (κ1) is 22.3. The van der Waals surface area contributed by atoms with E-state index in [1.807, 2.05) is 0 Å². The fourth-order valence-corrected chi connectivity index (χ4v) is 4.13. The number of allylic oxidation sites excluding steroid dienone is 1. The molecule has 0 saturated heterocycles. The van der Waals surface area contributed by atoms with Crippen LogP contribution in [-0.2, 0) is 6.42 Å². The van der Waals surface area contributed by atoms with E-state index in [1.54, 1.807) is 0 Å². The lowest BCUT2D eigenvalue weighted by atomic mass is 9.91. The summed E-state index contributed by atoms with van der Waals surface area (Å²) >= 11 is 0. The summed E-state index contributed by atoms with van der Waals surface area (Å²) in [5.74, 6) is 2.59. The van der Waals surface area contributed by atoms with Gasteiger partial charge in [-0.25, -0.2) is 0 Å². The zero-order chi connectivity index (χ0) is 18.5. The van der Waals surface area contributed by atoms with Crippen LogP contribution in [0.3, 0.4) is 0 Å². The van der Waals surface area contributed by atoms with Crippen LogP contribution in [0.15, 0.2) is 36.4 Å². The van der Waals surface area contributed by atoms with Crippen molar-refractivity contribution in [2.45, 2.75) is 58.9 Å². The molecule has 1 aromatic carbocycles. The van der Waals surface area contributed by atoms with Gasteiger partial charge in [0.05, 0.1) is 19.6 Å². The molecule has 0 radical (unpaired) electrons. The van der Waals surface area contributed by atoms with Gasteiger partial charge in [-0.2, -0.15) is 0 Å². The third-order valence-corrected chi connectivity index (χ3v) is 6.11. The van der Waals surface area contributed by atoms with Crippen molar-refractivity contribution in [3.63, 3.8) is 0 Å². The molecule has 3 rings (SSSR count). The number of hydrogen-bond acceptors (Lipinski definition) is 2. The monoisotopic (exact) mass is 481 g/mol. The van der Waals surface area contributed by atoms with E-state index in [4.69, 9.17) is 0 Å². The third kappa shape index (κ3) is 5.72. The van der Waals surface area contributed by atoms with Gasteiger partial charge in [0.15, 0.2) is 0 Å². The molecule has 2 atom stereocenters. The molecular weight excluding hydrogens is 445 g/mol. The van der Waals surface area contributed by atoms with Gasteiger partial charge in [0.1, 0.15) is 6.04 Å². The summed E-state index contributed by atoms with van der Waals surface area (Å²) in [5, 5.41) is 7.31. The summed E-state index contributed by atoms with van der Waals surface area (Å²) in [4.78, 5) is 0. The molecule has 2 N–H and O–H groups in total. The average Bonchev–Trinajstić information content (AvgIpc) is 2.66. The predicted octanol–water partition coefficient (Wildman–Crippen LogP) is 1.26. The van der Waals surface area contributed by atoms with E-state index in [1.165, 1.54) is 48.3 Å². The normalized spacial score (nSPS) is 19.5. The van der Waals surface area contributed by atoms with Crippen LogP contribution in [-0.4, -0.2) is 30.2 Å². The summed E-state index contributed by atoms with van der Waals surface area (Å²) in [6, 6.07) is 9.51. The Bertz CT molecular complexity index is 665. The number of nitrogens with zero attached hydrogens (tertiary/aromatic N) is 1. The molecule has 0 spiro atoms. The van der Waals surface area contributed by atoms with Crippen molar-refractivity contribution in [3.05, 3.63) is 47.5 Å². The zero-order valence-electron chi connectivity index (χ0n) is 17.2. The van der Waals surface area contributed by atoms with Gasteiger partial charge in [-0.3, -0.25) is 15.2 Å². The number of rotatable bonds is 7. The van der Waals surface area contributed by atoms with Crippen molar-refractivity contribution in [2.75, 3.05) is 19.6 Å². The van der Waals surface area contributed by atoms with Crippen LogP contribution in [0.5, 0.6) is 0 Å². The fraction of sp³-hybridized carbons (Fsp3) is 0.609. The van der Waals surface area contributed by atoms with Crippen LogP contribution in [0.4, 0.5) is 0 Å². The molecule has 0 fully saturated rings. The van der Waals surface area contributed by atoms with Crippen molar-refractivity contribution >= 4 is 5.96 Å². The minimum atomic E-state index is 0. The first-order valence-electron chi connectivity index (χ1n) is 10.4. The molecule has 2 aliphatic heterocycles. The van der Waals surface area contributed by atoms with E-state index >= 15 is 0 Å². The zero-order valence-corrected chi connectivity index (χ0v) is 19.4. The predicted molar refractivity (Wildman–Crippen MR) is 111 cm³/mol. The van der Waals surface area contributed by atoms with Gasteiger partial charge in [-0.15, -0.1) is 0 Å². The van der Waals surface area contributed by atoms with Crippen molar-refractivity contribution in [2.24, 2.45) is 11.8 Å². The highest BCUT2D eigenvalue weighted by Crippen LogP contribution is 2.30. The number of hydrogen-bond donors (Lipinski definition) is 2. The number of fused-ring (bicyclic) bond motifs is 3. The smallest absolute Gasteiger partial charge is 0.346 e. The molecule has 150 valence electrons. The largest absolute Gasteiger partial charge is 1.00 e. The Balaban J connectivity index is 0.00000261. The number of benzene rings is 1. The SMILES string of the molecule is C=C(CC[C@@H](C)CCNC1=[N+]2CCc3ccccc3C2CCN1)C(C)C.[I-]. The van der Waals surface area contributed by atoms with E-state index in [-0.39, 0.29) is 24.0 Å². The second-order valence-electron chi connectivity index (χ2n) is 8.39. The van der Waals surface area contributed by atoms with E-state index in [2.05, 4.69) is 66.8 Å². The molecule has 4 heteroatoms. The van der Waals surface area contributed by atoms with Gasteiger partial charge in [-0.1, -0.05) is 57.2 Å². The number of halogens is 1.